The number of benzene rings is 2. The van der Waals surface area contributed by atoms with Crippen molar-refractivity contribution < 1.29 is 24.2 Å². The van der Waals surface area contributed by atoms with Crippen molar-refractivity contribution in [2.24, 2.45) is 7.05 Å². The summed E-state index contributed by atoms with van der Waals surface area (Å²) in [5.41, 5.74) is 3.28. The molecule has 2 amide bonds. The molecule has 1 heterocycles. The van der Waals surface area contributed by atoms with Crippen molar-refractivity contribution in [1.29, 1.82) is 0 Å². The van der Waals surface area contributed by atoms with Gasteiger partial charge < -0.3 is 20.5 Å². The number of nitrogens with one attached hydrogen (secondary N) is 2. The quantitative estimate of drug-likeness (QED) is 0.496. The highest BCUT2D eigenvalue weighted by Gasteiger charge is 2.35. The molecule has 3 aromatic rings. The molecule has 0 spiro atoms. The van der Waals surface area contributed by atoms with Crippen LogP contribution >= 0.6 is 0 Å². The number of carboxylic acid groups (broad SMARTS) is 1. The van der Waals surface area contributed by atoms with Crippen LogP contribution in [0.3, 0.4) is 0 Å². The van der Waals surface area contributed by atoms with Crippen molar-refractivity contribution in [3.63, 3.8) is 0 Å². The van der Waals surface area contributed by atoms with E-state index < -0.39 is 29.6 Å². The van der Waals surface area contributed by atoms with Gasteiger partial charge in [0.1, 0.15) is 12.1 Å². The number of ether oxygens (including phenoxy) is 1. The second kappa shape index (κ2) is 9.01. The Bertz CT molecular complexity index is 1200. The summed E-state index contributed by atoms with van der Waals surface area (Å²) in [4.78, 5) is 37.1. The molecule has 0 aliphatic heterocycles. The lowest BCUT2D eigenvalue weighted by molar-refractivity contribution is -0.142. The van der Waals surface area contributed by atoms with Crippen LogP contribution in [-0.2, 0) is 21.4 Å². The van der Waals surface area contributed by atoms with E-state index in [0.29, 0.717) is 5.56 Å². The van der Waals surface area contributed by atoms with Gasteiger partial charge in [-0.05, 0) is 36.1 Å². The third-order valence-electron chi connectivity index (χ3n) is 5.91. The van der Waals surface area contributed by atoms with Crippen LogP contribution in [0.15, 0.2) is 60.9 Å². The summed E-state index contributed by atoms with van der Waals surface area (Å²) in [6, 6.07) is 14.7. The monoisotopic (exact) mass is 462 g/mol. The van der Waals surface area contributed by atoms with Crippen LogP contribution < -0.4 is 10.6 Å². The Morgan fingerprint density at radius 3 is 2.21 bits per heavy atom. The average Bonchev–Trinajstić information content (AvgIpc) is 3.36. The van der Waals surface area contributed by atoms with E-state index in [4.69, 9.17) is 4.74 Å². The fourth-order valence-electron chi connectivity index (χ4n) is 4.13. The van der Waals surface area contributed by atoms with E-state index in [-0.39, 0.29) is 12.5 Å². The summed E-state index contributed by atoms with van der Waals surface area (Å²) < 4.78 is 6.95. The molecule has 1 atom stereocenters. The molecule has 0 bridgehead atoms. The van der Waals surface area contributed by atoms with Gasteiger partial charge in [0, 0.05) is 24.7 Å². The van der Waals surface area contributed by atoms with Gasteiger partial charge in [-0.15, -0.1) is 0 Å². The molecule has 4 rings (SSSR count). The number of fused-ring (bicyclic) bond motifs is 3. The largest absolute Gasteiger partial charge is 0.479 e. The molecule has 0 saturated carbocycles. The number of aryl methyl sites for hydroxylation is 1. The number of nitrogens with zero attached hydrogens (tertiary/aromatic N) is 2. The Morgan fingerprint density at radius 1 is 1.09 bits per heavy atom. The summed E-state index contributed by atoms with van der Waals surface area (Å²) >= 11 is 0. The first-order chi connectivity index (χ1) is 16.2. The topological polar surface area (TPSA) is 123 Å². The molecule has 3 N–H and O–H groups in total. The van der Waals surface area contributed by atoms with E-state index in [1.807, 2.05) is 48.5 Å². The number of carbonyl (C=O) groups is 3. The standard InChI is InChI=1S/C25H26N4O5/c1-25(2,23(32)27-21(22(30)31)15-12-26-29(3)13-15)28-24(33)34-14-20-18-10-6-4-8-16(18)17-9-5-7-11-19(17)20/h4-13,20-21H,14H2,1-3H3,(H,27,32)(H,28,33)(H,30,31). The van der Waals surface area contributed by atoms with Gasteiger partial charge in [0.05, 0.1) is 6.20 Å². The van der Waals surface area contributed by atoms with Crippen LogP contribution in [0, 0.1) is 0 Å². The number of amides is 2. The van der Waals surface area contributed by atoms with Crippen LogP contribution in [0.5, 0.6) is 0 Å². The Hall–Kier alpha value is -4.14. The maximum Gasteiger partial charge on any atom is 0.408 e. The zero-order chi connectivity index (χ0) is 24.5. The molecule has 1 aliphatic rings. The van der Waals surface area contributed by atoms with Gasteiger partial charge in [0.2, 0.25) is 5.91 Å². The van der Waals surface area contributed by atoms with Crippen LogP contribution in [0.25, 0.3) is 11.1 Å². The van der Waals surface area contributed by atoms with Gasteiger partial charge >= 0.3 is 12.1 Å². The summed E-state index contributed by atoms with van der Waals surface area (Å²) in [6.45, 7) is 3.06. The molecular formula is C25H26N4O5. The molecule has 1 aromatic heterocycles. The maximum atomic E-state index is 12.8. The Balaban J connectivity index is 1.40. The van der Waals surface area contributed by atoms with Crippen LogP contribution in [0.2, 0.25) is 0 Å². The lowest BCUT2D eigenvalue weighted by atomic mass is 9.98. The molecule has 9 nitrogen and oxygen atoms in total. The van der Waals surface area contributed by atoms with E-state index >= 15 is 0 Å². The molecule has 1 unspecified atom stereocenters. The second-order valence-corrected chi connectivity index (χ2v) is 8.77. The number of hydrogen-bond acceptors (Lipinski definition) is 5. The van der Waals surface area contributed by atoms with Crippen LogP contribution in [0.4, 0.5) is 4.79 Å². The number of alkyl carbamates (subject to hydrolysis) is 1. The Kier molecular flexibility index (Phi) is 6.10. The molecule has 0 saturated heterocycles. The molecule has 1 aliphatic carbocycles. The third-order valence-corrected chi connectivity index (χ3v) is 5.91. The number of rotatable bonds is 7. The molecule has 176 valence electrons. The Morgan fingerprint density at radius 2 is 1.68 bits per heavy atom. The minimum absolute atomic E-state index is 0.102. The highest BCUT2D eigenvalue weighted by Crippen LogP contribution is 2.44. The van der Waals surface area contributed by atoms with Gasteiger partial charge in [0.25, 0.3) is 0 Å². The number of hydrogen-bond donors (Lipinski definition) is 3. The number of aliphatic carboxylic acids is 1. The molecule has 0 radical (unpaired) electrons. The maximum absolute atomic E-state index is 12.8. The summed E-state index contributed by atoms with van der Waals surface area (Å²) in [7, 11) is 1.65. The summed E-state index contributed by atoms with van der Waals surface area (Å²) in [5, 5.41) is 18.5. The van der Waals surface area contributed by atoms with E-state index in [9.17, 15) is 19.5 Å². The van der Waals surface area contributed by atoms with Crippen molar-refractivity contribution >= 4 is 18.0 Å². The molecular weight excluding hydrogens is 436 g/mol. The fraction of sp³-hybridized carbons (Fsp3) is 0.280. The number of carbonyl (C=O) groups excluding carboxylic acids is 2. The normalized spacial score (nSPS) is 13.5. The predicted molar refractivity (Wildman–Crippen MR) is 124 cm³/mol. The van der Waals surface area contributed by atoms with Crippen molar-refractivity contribution in [3.8, 4) is 11.1 Å². The van der Waals surface area contributed by atoms with E-state index in [2.05, 4.69) is 15.7 Å². The van der Waals surface area contributed by atoms with Gasteiger partial charge in [-0.1, -0.05) is 48.5 Å². The highest BCUT2D eigenvalue weighted by molar-refractivity contribution is 5.92. The van der Waals surface area contributed by atoms with Crippen molar-refractivity contribution in [1.82, 2.24) is 20.4 Å². The van der Waals surface area contributed by atoms with Crippen molar-refractivity contribution in [2.45, 2.75) is 31.3 Å². The molecule has 9 heteroatoms. The van der Waals surface area contributed by atoms with Crippen molar-refractivity contribution in [3.05, 3.63) is 77.6 Å². The van der Waals surface area contributed by atoms with Crippen LogP contribution in [0.1, 0.15) is 42.5 Å². The summed E-state index contributed by atoms with van der Waals surface area (Å²) in [5.74, 6) is -2.02. The second-order valence-electron chi connectivity index (χ2n) is 8.77. The highest BCUT2D eigenvalue weighted by atomic mass is 16.5. The molecule has 2 aromatic carbocycles. The lowest BCUT2D eigenvalue weighted by Gasteiger charge is -2.27. The van der Waals surface area contributed by atoms with Gasteiger partial charge in [0.15, 0.2) is 6.04 Å². The number of aromatic nitrogens is 2. The first-order valence-corrected chi connectivity index (χ1v) is 10.8. The predicted octanol–water partition coefficient (Wildman–Crippen LogP) is 2.98. The third kappa shape index (κ3) is 4.50. The fourth-order valence-corrected chi connectivity index (χ4v) is 4.13. The minimum atomic E-state index is -1.42. The van der Waals surface area contributed by atoms with Gasteiger partial charge in [-0.2, -0.15) is 5.10 Å². The Labute approximate surface area is 196 Å². The smallest absolute Gasteiger partial charge is 0.408 e. The van der Waals surface area contributed by atoms with E-state index in [1.54, 1.807) is 7.05 Å². The van der Waals surface area contributed by atoms with Gasteiger partial charge in [-0.3, -0.25) is 9.48 Å². The van der Waals surface area contributed by atoms with Gasteiger partial charge in [-0.25, -0.2) is 9.59 Å². The van der Waals surface area contributed by atoms with E-state index in [1.165, 1.54) is 30.9 Å². The SMILES string of the molecule is Cn1cc(C(NC(=O)C(C)(C)NC(=O)OCC2c3ccccc3-c3ccccc32)C(=O)O)cn1. The minimum Gasteiger partial charge on any atom is -0.479 e. The zero-order valence-corrected chi connectivity index (χ0v) is 19.1. The first-order valence-electron chi connectivity index (χ1n) is 10.8. The lowest BCUT2D eigenvalue weighted by Crippen LogP contribution is -2.56. The number of carboxylic acids is 1. The van der Waals surface area contributed by atoms with Crippen molar-refractivity contribution in [2.75, 3.05) is 6.61 Å². The molecule has 0 fully saturated rings. The summed E-state index contributed by atoms with van der Waals surface area (Å²) in [6.07, 6.45) is 2.10. The first kappa shape index (κ1) is 23.0. The van der Waals surface area contributed by atoms with Crippen LogP contribution in [-0.4, -0.2) is 45.0 Å². The zero-order valence-electron chi connectivity index (χ0n) is 19.1. The average molecular weight is 463 g/mol. The van der Waals surface area contributed by atoms with E-state index in [0.717, 1.165) is 22.3 Å². The molecule has 34 heavy (non-hydrogen) atoms.